The lowest BCUT2D eigenvalue weighted by Gasteiger charge is -2.28. The molecule has 2 saturated heterocycles. The van der Waals surface area contributed by atoms with Gasteiger partial charge in [-0.05, 0) is 54.3 Å². The maximum atomic E-state index is 12.9. The number of sulfone groups is 1. The number of nitrogens with zero attached hydrogens (tertiary/aromatic N) is 2. The average molecular weight is 511 g/mol. The molecule has 5 nitrogen and oxygen atoms in total. The van der Waals surface area contributed by atoms with Gasteiger partial charge in [0.1, 0.15) is 0 Å². The lowest BCUT2D eigenvalue weighted by molar-refractivity contribution is -0.137. The van der Waals surface area contributed by atoms with Crippen molar-refractivity contribution in [2.45, 2.75) is 42.9 Å². The molecule has 2 aliphatic heterocycles. The highest BCUT2D eigenvalue weighted by atomic mass is 32.2. The minimum absolute atomic E-state index is 0.0855. The summed E-state index contributed by atoms with van der Waals surface area (Å²) in [6.07, 6.45) is -3.39. The van der Waals surface area contributed by atoms with Crippen LogP contribution in [0.1, 0.15) is 36.0 Å². The van der Waals surface area contributed by atoms with Crippen molar-refractivity contribution in [2.75, 3.05) is 45.6 Å². The van der Waals surface area contributed by atoms with Gasteiger partial charge in [0.05, 0.1) is 22.8 Å². The van der Waals surface area contributed by atoms with Gasteiger partial charge in [-0.1, -0.05) is 31.2 Å². The van der Waals surface area contributed by atoms with Gasteiger partial charge in [-0.2, -0.15) is 13.2 Å². The van der Waals surface area contributed by atoms with Crippen molar-refractivity contribution in [3.8, 4) is 0 Å². The van der Waals surface area contributed by atoms with Crippen LogP contribution in [0.3, 0.4) is 0 Å². The molecule has 0 aromatic heterocycles. The molecule has 9 heteroatoms. The molecule has 192 valence electrons. The Morgan fingerprint density at radius 3 is 2.29 bits per heavy atom. The molecule has 0 spiro atoms. The average Bonchev–Trinajstić information content (AvgIpc) is 3.46. The van der Waals surface area contributed by atoms with Gasteiger partial charge in [0.2, 0.25) is 0 Å². The van der Waals surface area contributed by atoms with Crippen molar-refractivity contribution in [3.05, 3.63) is 65.2 Å². The zero-order chi connectivity index (χ0) is 25.2. The fourth-order valence-electron chi connectivity index (χ4n) is 5.39. The van der Waals surface area contributed by atoms with Crippen molar-refractivity contribution in [2.24, 2.45) is 5.92 Å². The van der Waals surface area contributed by atoms with E-state index in [1.54, 1.807) is 38.3 Å². The highest BCUT2D eigenvalue weighted by molar-refractivity contribution is 7.91. The number of halogens is 3. The molecule has 2 heterocycles. The van der Waals surface area contributed by atoms with Crippen LogP contribution in [0.4, 0.5) is 13.2 Å². The molecule has 0 N–H and O–H groups in total. The number of benzene rings is 2. The minimum Gasteiger partial charge on any atom is -0.384 e. The van der Waals surface area contributed by atoms with Crippen molar-refractivity contribution < 1.29 is 26.3 Å². The van der Waals surface area contributed by atoms with E-state index in [9.17, 15) is 21.6 Å². The van der Waals surface area contributed by atoms with Crippen LogP contribution >= 0.6 is 0 Å². The van der Waals surface area contributed by atoms with E-state index < -0.39 is 21.6 Å². The molecule has 0 saturated carbocycles. The first-order valence-electron chi connectivity index (χ1n) is 12.0. The molecule has 2 fully saturated rings. The Bertz CT molecular complexity index is 1090. The van der Waals surface area contributed by atoms with Crippen molar-refractivity contribution >= 4 is 9.84 Å². The number of hydrogen-bond acceptors (Lipinski definition) is 5. The third-order valence-corrected chi connectivity index (χ3v) is 9.08. The first-order valence-corrected chi connectivity index (χ1v) is 13.7. The SMILES string of the molecule is CCS(=O)(=O)c1ccc(CN2CC(COC)C(N3CCC(c4ccc(C(F)(F)F)cc4)C3)C2)cc1. The van der Waals surface area contributed by atoms with E-state index in [-0.39, 0.29) is 11.7 Å². The lowest BCUT2D eigenvalue weighted by atomic mass is 9.97. The highest BCUT2D eigenvalue weighted by Crippen LogP contribution is 2.35. The summed E-state index contributed by atoms with van der Waals surface area (Å²) in [6, 6.07) is 13.1. The largest absolute Gasteiger partial charge is 0.416 e. The maximum Gasteiger partial charge on any atom is 0.416 e. The number of alkyl halides is 3. The zero-order valence-electron chi connectivity index (χ0n) is 20.2. The first-order chi connectivity index (χ1) is 16.6. The van der Waals surface area contributed by atoms with Gasteiger partial charge in [0.15, 0.2) is 9.84 Å². The summed E-state index contributed by atoms with van der Waals surface area (Å²) in [7, 11) is -1.50. The van der Waals surface area contributed by atoms with Gasteiger partial charge in [0, 0.05) is 45.2 Å². The fraction of sp³-hybridized carbons (Fsp3) is 0.538. The highest BCUT2D eigenvalue weighted by Gasteiger charge is 2.40. The Morgan fingerprint density at radius 1 is 1.00 bits per heavy atom. The Morgan fingerprint density at radius 2 is 1.69 bits per heavy atom. The van der Waals surface area contributed by atoms with Crippen molar-refractivity contribution in [1.29, 1.82) is 0 Å². The van der Waals surface area contributed by atoms with Gasteiger partial charge in [0.25, 0.3) is 0 Å². The van der Waals surface area contributed by atoms with Gasteiger partial charge in [-0.25, -0.2) is 8.42 Å². The number of hydrogen-bond donors (Lipinski definition) is 0. The summed E-state index contributed by atoms with van der Waals surface area (Å²) in [5.74, 6) is 0.649. The van der Waals surface area contributed by atoms with Crippen LogP contribution in [0.15, 0.2) is 53.4 Å². The summed E-state index contributed by atoms with van der Waals surface area (Å²) in [4.78, 5) is 5.19. The smallest absolute Gasteiger partial charge is 0.384 e. The van der Waals surface area contributed by atoms with Gasteiger partial charge < -0.3 is 4.74 Å². The van der Waals surface area contributed by atoms with Gasteiger partial charge in [-0.15, -0.1) is 0 Å². The zero-order valence-corrected chi connectivity index (χ0v) is 21.0. The van der Waals surface area contributed by atoms with E-state index in [1.807, 2.05) is 12.1 Å². The monoisotopic (exact) mass is 510 g/mol. The van der Waals surface area contributed by atoms with Crippen LogP contribution in [-0.4, -0.2) is 69.9 Å². The van der Waals surface area contributed by atoms with E-state index in [4.69, 9.17) is 4.74 Å². The molecule has 2 aromatic rings. The molecule has 2 aromatic carbocycles. The lowest BCUT2D eigenvalue weighted by Crippen LogP contribution is -2.40. The Kier molecular flexibility index (Phi) is 7.90. The summed E-state index contributed by atoms with van der Waals surface area (Å²) in [5, 5.41) is 0. The minimum atomic E-state index is -4.31. The second-order valence-electron chi connectivity index (χ2n) is 9.62. The topological polar surface area (TPSA) is 49.9 Å². The van der Waals surface area contributed by atoms with E-state index in [1.165, 1.54) is 12.1 Å². The predicted molar refractivity (Wildman–Crippen MR) is 129 cm³/mol. The van der Waals surface area contributed by atoms with E-state index in [0.29, 0.717) is 23.5 Å². The summed E-state index contributed by atoms with van der Waals surface area (Å²) >= 11 is 0. The Balaban J connectivity index is 1.39. The van der Waals surface area contributed by atoms with Crippen molar-refractivity contribution in [1.82, 2.24) is 9.80 Å². The summed E-state index contributed by atoms with van der Waals surface area (Å²) in [6.45, 7) is 6.53. The fourth-order valence-corrected chi connectivity index (χ4v) is 6.28. The number of likely N-dealkylation sites (tertiary alicyclic amines) is 2. The molecule has 35 heavy (non-hydrogen) atoms. The second-order valence-corrected chi connectivity index (χ2v) is 11.9. The Labute approximate surface area is 205 Å². The second kappa shape index (κ2) is 10.6. The Hall–Kier alpha value is -1.94. The van der Waals surface area contributed by atoms with Crippen LogP contribution < -0.4 is 0 Å². The van der Waals surface area contributed by atoms with Crippen LogP contribution in [0.5, 0.6) is 0 Å². The third-order valence-electron chi connectivity index (χ3n) is 7.33. The number of ether oxygens (including phenoxy) is 1. The third kappa shape index (κ3) is 6.07. The van der Waals surface area contributed by atoms with Gasteiger partial charge >= 0.3 is 6.18 Å². The van der Waals surface area contributed by atoms with Gasteiger partial charge in [-0.3, -0.25) is 9.80 Å². The van der Waals surface area contributed by atoms with E-state index >= 15 is 0 Å². The molecule has 4 rings (SSSR count). The van der Waals surface area contributed by atoms with Crippen LogP contribution in [0, 0.1) is 5.92 Å². The molecule has 3 atom stereocenters. The maximum absolute atomic E-state index is 12.9. The molecule has 0 aliphatic carbocycles. The normalized spacial score (nSPS) is 24.3. The molecule has 0 amide bonds. The molecular formula is C26H33F3N2O3S. The van der Waals surface area contributed by atoms with Crippen LogP contribution in [-0.2, 0) is 27.3 Å². The molecule has 0 bridgehead atoms. The quantitative estimate of drug-likeness (QED) is 0.526. The predicted octanol–water partition coefficient (Wildman–Crippen LogP) is 4.44. The molecule has 0 radical (unpaired) electrons. The summed E-state index contributed by atoms with van der Waals surface area (Å²) in [5.41, 5.74) is 1.42. The number of methoxy groups -OCH3 is 1. The molecular weight excluding hydrogens is 477 g/mol. The number of rotatable bonds is 8. The van der Waals surface area contributed by atoms with E-state index in [2.05, 4.69) is 9.80 Å². The molecule has 3 unspecified atom stereocenters. The summed E-state index contributed by atoms with van der Waals surface area (Å²) < 4.78 is 68.4. The van der Waals surface area contributed by atoms with Crippen molar-refractivity contribution in [3.63, 3.8) is 0 Å². The molecule has 2 aliphatic rings. The van der Waals surface area contributed by atoms with E-state index in [0.717, 1.165) is 50.3 Å². The standard InChI is InChI=1S/C26H33F3N2O3S/c1-3-35(32,33)24-10-4-19(5-11-24)14-30-15-22(18-34-2)25(17-30)31-13-12-21(16-31)20-6-8-23(9-7-20)26(27,28)29/h4-11,21-22,25H,3,12-18H2,1-2H3. The van der Waals surface area contributed by atoms with Crippen LogP contribution in [0.25, 0.3) is 0 Å². The first kappa shape index (κ1) is 26.1. The van der Waals surface area contributed by atoms with Crippen LogP contribution in [0.2, 0.25) is 0 Å².